The molecule has 0 aromatic carbocycles. The van der Waals surface area contributed by atoms with Gasteiger partial charge in [-0.25, -0.2) is 4.57 Å². The van der Waals surface area contributed by atoms with Crippen molar-refractivity contribution in [3.05, 3.63) is 11.6 Å². The number of aliphatic hydroxyl groups is 1. The molecule has 34 heavy (non-hydrogen) atoms. The van der Waals surface area contributed by atoms with Gasteiger partial charge >= 0.3 is 26.7 Å². The summed E-state index contributed by atoms with van der Waals surface area (Å²) in [6.07, 6.45) is 17.2. The van der Waals surface area contributed by atoms with Gasteiger partial charge in [-0.1, -0.05) is 65.5 Å². The van der Waals surface area contributed by atoms with Gasteiger partial charge in [-0.3, -0.25) is 0 Å². The predicted octanol–water partition coefficient (Wildman–Crippen LogP) is 5.81. The predicted molar refractivity (Wildman–Crippen MR) is 140 cm³/mol. The minimum atomic E-state index is -4.64. The molecule has 0 aromatic rings. The normalized spacial score (nSPS) is 40.1. The Hall–Kier alpha value is 0.407. The van der Waals surface area contributed by atoms with Crippen LogP contribution in [0.25, 0.3) is 0 Å². The van der Waals surface area contributed by atoms with Gasteiger partial charge in [0.15, 0.2) is 0 Å². The molecule has 4 aliphatic carbocycles. The van der Waals surface area contributed by atoms with Crippen LogP contribution in [0, 0.1) is 46.3 Å². The molecule has 8 atom stereocenters. The van der Waals surface area contributed by atoms with Crippen molar-refractivity contribution in [2.75, 3.05) is 0 Å². The molecule has 0 bridgehead atoms. The molecule has 0 amide bonds. The van der Waals surface area contributed by atoms with Crippen LogP contribution in [0.5, 0.6) is 0 Å². The summed E-state index contributed by atoms with van der Waals surface area (Å²) < 4.78 is 8.88. The van der Waals surface area contributed by atoms with Gasteiger partial charge in [0, 0.05) is 0 Å². The molecule has 0 aliphatic heterocycles. The summed E-state index contributed by atoms with van der Waals surface area (Å²) >= 11 is 0. The SMILES string of the molecule is CC(C)CCCC(C)[C@H]1CC[C@H]2[C@@H]3CC=C4C[C@@H](O)CC[C@]4(C)[C@H]3CC[C@]12C.O=P(O)(O)O.[LiH]. The Kier molecular flexibility index (Phi) is 10.7. The quantitative estimate of drug-likeness (QED) is 0.221. The summed E-state index contributed by atoms with van der Waals surface area (Å²) in [6, 6.07) is 0. The van der Waals surface area contributed by atoms with E-state index in [1.807, 2.05) is 0 Å². The molecular formula is C27H50LiO5P. The molecule has 7 heteroatoms. The van der Waals surface area contributed by atoms with Gasteiger partial charge in [0.2, 0.25) is 0 Å². The maximum absolute atomic E-state index is 10.2. The molecule has 1 unspecified atom stereocenters. The fourth-order valence-corrected chi connectivity index (χ4v) is 8.67. The number of aliphatic hydroxyl groups excluding tert-OH is 1. The summed E-state index contributed by atoms with van der Waals surface area (Å²) in [7, 11) is -4.64. The van der Waals surface area contributed by atoms with Gasteiger partial charge in [-0.05, 0) is 97.7 Å². The summed E-state index contributed by atoms with van der Waals surface area (Å²) in [5, 5.41) is 10.2. The van der Waals surface area contributed by atoms with Crippen LogP contribution >= 0.6 is 7.82 Å². The maximum atomic E-state index is 10.2. The molecule has 4 aliphatic rings. The number of hydrogen-bond acceptors (Lipinski definition) is 2. The average Bonchev–Trinajstić information content (AvgIpc) is 3.04. The van der Waals surface area contributed by atoms with E-state index in [0.29, 0.717) is 10.8 Å². The molecule has 0 heterocycles. The second-order valence-electron chi connectivity index (χ2n) is 12.7. The van der Waals surface area contributed by atoms with Gasteiger partial charge in [0.1, 0.15) is 0 Å². The van der Waals surface area contributed by atoms with E-state index < -0.39 is 7.82 Å². The molecule has 4 rings (SSSR count). The molecule has 4 N–H and O–H groups in total. The summed E-state index contributed by atoms with van der Waals surface area (Å²) in [4.78, 5) is 21.6. The van der Waals surface area contributed by atoms with Crippen LogP contribution in [-0.2, 0) is 4.57 Å². The van der Waals surface area contributed by atoms with E-state index in [0.717, 1.165) is 48.3 Å². The molecule has 0 saturated heterocycles. The van der Waals surface area contributed by atoms with Gasteiger partial charge < -0.3 is 19.8 Å². The van der Waals surface area contributed by atoms with E-state index in [-0.39, 0.29) is 25.0 Å². The molecular weight excluding hydrogens is 442 g/mol. The van der Waals surface area contributed by atoms with Crippen molar-refractivity contribution in [2.24, 2.45) is 46.3 Å². The zero-order valence-electron chi connectivity index (χ0n) is 21.5. The summed E-state index contributed by atoms with van der Waals surface area (Å²) in [5.41, 5.74) is 2.60. The van der Waals surface area contributed by atoms with Crippen LogP contribution in [0.4, 0.5) is 0 Å². The van der Waals surface area contributed by atoms with Crippen LogP contribution in [0.2, 0.25) is 0 Å². The number of phosphoric acid groups is 1. The van der Waals surface area contributed by atoms with E-state index >= 15 is 0 Å². The molecule has 194 valence electrons. The Bertz CT molecular complexity index is 743. The molecule has 3 saturated carbocycles. The second kappa shape index (κ2) is 11.9. The molecule has 0 radical (unpaired) electrons. The van der Waals surface area contributed by atoms with Gasteiger partial charge in [0.05, 0.1) is 6.10 Å². The Balaban J connectivity index is 0.000000619. The van der Waals surface area contributed by atoms with Crippen LogP contribution < -0.4 is 0 Å². The third-order valence-corrected chi connectivity index (χ3v) is 10.3. The Morgan fingerprint density at radius 2 is 1.65 bits per heavy atom. The van der Waals surface area contributed by atoms with Crippen molar-refractivity contribution in [2.45, 2.75) is 111 Å². The van der Waals surface area contributed by atoms with Crippen LogP contribution in [0.1, 0.15) is 105 Å². The molecule has 5 nitrogen and oxygen atoms in total. The topological polar surface area (TPSA) is 98.0 Å². The monoisotopic (exact) mass is 492 g/mol. The van der Waals surface area contributed by atoms with Crippen LogP contribution in [0.15, 0.2) is 11.6 Å². The summed E-state index contributed by atoms with van der Waals surface area (Å²) in [5.74, 6) is 5.46. The van der Waals surface area contributed by atoms with Gasteiger partial charge in [0.25, 0.3) is 0 Å². The number of rotatable bonds is 5. The van der Waals surface area contributed by atoms with Crippen molar-refractivity contribution >= 4 is 26.7 Å². The van der Waals surface area contributed by atoms with E-state index in [9.17, 15) is 5.11 Å². The van der Waals surface area contributed by atoms with Crippen LogP contribution in [-0.4, -0.2) is 44.8 Å². The van der Waals surface area contributed by atoms with Crippen molar-refractivity contribution in [1.82, 2.24) is 0 Å². The first kappa shape index (κ1) is 30.6. The third kappa shape index (κ3) is 6.83. The Morgan fingerprint density at radius 1 is 1.00 bits per heavy atom. The number of allylic oxidation sites excluding steroid dienone is 1. The first-order valence-corrected chi connectivity index (χ1v) is 15.0. The van der Waals surface area contributed by atoms with Gasteiger partial charge in [-0.15, -0.1) is 0 Å². The first-order chi connectivity index (χ1) is 15.3. The van der Waals surface area contributed by atoms with Crippen molar-refractivity contribution in [3.8, 4) is 0 Å². The molecule has 0 spiro atoms. The fourth-order valence-electron chi connectivity index (χ4n) is 8.67. The van der Waals surface area contributed by atoms with Gasteiger partial charge in [-0.2, -0.15) is 0 Å². The number of hydrogen-bond donors (Lipinski definition) is 4. The van der Waals surface area contributed by atoms with E-state index in [1.165, 1.54) is 57.8 Å². The van der Waals surface area contributed by atoms with Crippen molar-refractivity contribution < 1.29 is 24.4 Å². The summed E-state index contributed by atoms with van der Waals surface area (Å²) in [6.45, 7) is 12.6. The average molecular weight is 493 g/mol. The Labute approximate surface area is 220 Å². The first-order valence-electron chi connectivity index (χ1n) is 13.4. The Morgan fingerprint density at radius 3 is 2.26 bits per heavy atom. The van der Waals surface area contributed by atoms with E-state index in [4.69, 9.17) is 19.2 Å². The zero-order chi connectivity index (χ0) is 24.6. The van der Waals surface area contributed by atoms with Crippen LogP contribution in [0.3, 0.4) is 0 Å². The van der Waals surface area contributed by atoms with Crippen molar-refractivity contribution in [3.63, 3.8) is 0 Å². The van der Waals surface area contributed by atoms with E-state index in [1.54, 1.807) is 5.57 Å². The minimum absolute atomic E-state index is 0. The molecule has 0 aromatic heterocycles. The zero-order valence-corrected chi connectivity index (χ0v) is 22.4. The molecule has 3 fully saturated rings. The third-order valence-electron chi connectivity index (χ3n) is 10.3. The standard InChI is InChI=1S/C27H46O.Li.H3O4P.H/c1-18(2)7-6-8-19(3)23-11-12-24-22-10-9-20-17-21(28)13-15-26(20,4)25(22)14-16-27(23,24)5;;1-5(2,3)4;/h9,18-19,21-25,28H,6-8,10-17H2,1-5H3;;(H3,1,2,3,4);/t19?,21-,22-,23+,24-,25-,26-,27+;;;/m0.../s1. The van der Waals surface area contributed by atoms with Crippen molar-refractivity contribution in [1.29, 1.82) is 0 Å². The van der Waals surface area contributed by atoms with E-state index in [2.05, 4.69) is 40.7 Å². The second-order valence-corrected chi connectivity index (χ2v) is 13.7. The number of fused-ring (bicyclic) bond motifs is 5. The fraction of sp³-hybridized carbons (Fsp3) is 0.926.